The molecule has 2 aromatic rings. The van der Waals surface area contributed by atoms with E-state index in [0.717, 1.165) is 11.3 Å². The molecular weight excluding hydrogens is 320 g/mol. The number of carbonyl (C=O) groups is 2. The number of amides is 1. The maximum Gasteiger partial charge on any atom is 0.420 e. The number of carbonyl (C=O) groups excluding carboxylic acids is 2. The van der Waals surface area contributed by atoms with E-state index in [1.807, 2.05) is 33.8 Å². The molecule has 25 heavy (non-hydrogen) atoms. The van der Waals surface area contributed by atoms with Crippen LogP contribution in [-0.4, -0.2) is 33.2 Å². The number of ether oxygens (including phenoxy) is 1. The number of hydrogen-bond donors (Lipinski definition) is 1. The van der Waals surface area contributed by atoms with Crippen LogP contribution in [0.1, 0.15) is 52.6 Å². The maximum absolute atomic E-state index is 12.6. The average Bonchev–Trinajstić information content (AvgIpc) is 2.88. The fraction of sp³-hybridized carbons (Fsp3) is 0.500. The lowest BCUT2D eigenvalue weighted by Crippen LogP contribution is -2.43. The minimum absolute atomic E-state index is 0.00431. The molecule has 134 valence electrons. The molecule has 0 saturated heterocycles. The number of imidazole rings is 1. The van der Waals surface area contributed by atoms with Gasteiger partial charge >= 0.3 is 6.09 Å². The highest BCUT2D eigenvalue weighted by Gasteiger charge is 2.34. The summed E-state index contributed by atoms with van der Waals surface area (Å²) in [6.45, 7) is 8.94. The van der Waals surface area contributed by atoms with Crippen molar-refractivity contribution in [1.29, 1.82) is 0 Å². The summed E-state index contributed by atoms with van der Waals surface area (Å²) in [4.78, 5) is 30.7. The second-order valence-corrected chi connectivity index (χ2v) is 7.54. The number of fused-ring (bicyclic) bond motifs is 3. The van der Waals surface area contributed by atoms with Crippen molar-refractivity contribution in [3.8, 4) is 0 Å². The molecule has 2 N–H and O–H groups in total. The Hall–Kier alpha value is -2.41. The van der Waals surface area contributed by atoms with Crippen LogP contribution in [0.3, 0.4) is 0 Å². The van der Waals surface area contributed by atoms with E-state index in [4.69, 9.17) is 10.5 Å². The van der Waals surface area contributed by atoms with Gasteiger partial charge in [0.2, 0.25) is 5.91 Å². The highest BCUT2D eigenvalue weighted by Crippen LogP contribution is 2.40. The van der Waals surface area contributed by atoms with Gasteiger partial charge in [-0.1, -0.05) is 0 Å². The van der Waals surface area contributed by atoms with Gasteiger partial charge in [0.1, 0.15) is 11.9 Å². The van der Waals surface area contributed by atoms with Crippen LogP contribution in [0.25, 0.3) is 11.0 Å². The van der Waals surface area contributed by atoms with Crippen molar-refractivity contribution < 1.29 is 14.3 Å². The van der Waals surface area contributed by atoms with E-state index in [1.165, 1.54) is 17.8 Å². The molecule has 2 atom stereocenters. The predicted octanol–water partition coefficient (Wildman–Crippen LogP) is 2.96. The highest BCUT2D eigenvalue weighted by molar-refractivity contribution is 5.99. The lowest BCUT2D eigenvalue weighted by Gasteiger charge is -2.38. The summed E-state index contributed by atoms with van der Waals surface area (Å²) in [5.41, 5.74) is 8.52. The molecule has 7 nitrogen and oxygen atoms in total. The third-order valence-corrected chi connectivity index (χ3v) is 4.32. The molecule has 1 aliphatic heterocycles. The quantitative estimate of drug-likeness (QED) is 0.793. The van der Waals surface area contributed by atoms with Gasteiger partial charge in [-0.3, -0.25) is 4.79 Å². The third kappa shape index (κ3) is 3.00. The number of hydrogen-bond acceptors (Lipinski definition) is 5. The van der Waals surface area contributed by atoms with Crippen LogP contribution in [0, 0.1) is 0 Å². The average molecular weight is 344 g/mol. The molecule has 0 bridgehead atoms. The Morgan fingerprint density at radius 2 is 2.00 bits per heavy atom. The summed E-state index contributed by atoms with van der Waals surface area (Å²) in [6.07, 6.45) is 1.55. The fourth-order valence-corrected chi connectivity index (χ4v) is 3.45. The van der Waals surface area contributed by atoms with E-state index in [1.54, 1.807) is 11.0 Å². The van der Waals surface area contributed by atoms with E-state index in [0.29, 0.717) is 17.5 Å². The molecule has 0 aliphatic carbocycles. The molecule has 1 aliphatic rings. The number of benzene rings is 1. The Morgan fingerprint density at radius 3 is 2.60 bits per heavy atom. The summed E-state index contributed by atoms with van der Waals surface area (Å²) in [7, 11) is 0. The molecule has 2 heterocycles. The Balaban J connectivity index is 2.21. The first-order valence-corrected chi connectivity index (χ1v) is 8.39. The number of aromatic nitrogens is 2. The van der Waals surface area contributed by atoms with Crippen LogP contribution < -0.4 is 10.6 Å². The normalized spacial score (nSPS) is 20.5. The van der Waals surface area contributed by atoms with Gasteiger partial charge < -0.3 is 15.4 Å². The van der Waals surface area contributed by atoms with Crippen LogP contribution in [-0.2, 0) is 9.53 Å². The van der Waals surface area contributed by atoms with Crippen molar-refractivity contribution >= 4 is 28.7 Å². The van der Waals surface area contributed by atoms with Gasteiger partial charge in [-0.05, 0) is 46.2 Å². The minimum Gasteiger partial charge on any atom is -0.443 e. The highest BCUT2D eigenvalue weighted by atomic mass is 16.6. The van der Waals surface area contributed by atoms with Gasteiger partial charge in [-0.25, -0.2) is 14.3 Å². The van der Waals surface area contributed by atoms with Crippen LogP contribution in [0.15, 0.2) is 18.5 Å². The summed E-state index contributed by atoms with van der Waals surface area (Å²) in [5.74, 6) is -0.0525. The number of rotatable bonds is 0. The van der Waals surface area contributed by atoms with Gasteiger partial charge in [-0.2, -0.15) is 0 Å². The van der Waals surface area contributed by atoms with E-state index in [9.17, 15) is 9.59 Å². The molecule has 0 radical (unpaired) electrons. The standard InChI is InChI=1S/C18H24N4O3/c1-10-8-12(19)15-14(22(10)11(2)23)7-6-13-16(15)21(9-20-13)17(24)25-18(3,4)5/h6-7,9-10,12H,8,19H2,1-5H3/t10-,12+/m0/s1. The van der Waals surface area contributed by atoms with E-state index in [-0.39, 0.29) is 18.0 Å². The fourth-order valence-electron chi connectivity index (χ4n) is 3.45. The molecule has 7 heteroatoms. The van der Waals surface area contributed by atoms with Gasteiger partial charge in [0.15, 0.2) is 0 Å². The van der Waals surface area contributed by atoms with Crippen LogP contribution in [0.4, 0.5) is 10.5 Å². The zero-order valence-corrected chi connectivity index (χ0v) is 15.2. The van der Waals surface area contributed by atoms with E-state index < -0.39 is 11.7 Å². The lowest BCUT2D eigenvalue weighted by atomic mass is 9.91. The SMILES string of the molecule is CC(=O)N1c2ccc3ncn(C(=O)OC(C)(C)C)c3c2[C@H](N)C[C@@H]1C. The van der Waals surface area contributed by atoms with Crippen molar-refractivity contribution in [2.75, 3.05) is 4.90 Å². The number of nitrogens with zero attached hydrogens (tertiary/aromatic N) is 3. The molecular formula is C18H24N4O3. The third-order valence-electron chi connectivity index (χ3n) is 4.32. The van der Waals surface area contributed by atoms with Crippen molar-refractivity contribution in [2.24, 2.45) is 5.73 Å². The van der Waals surface area contributed by atoms with Gasteiger partial charge in [0.05, 0.1) is 16.7 Å². The zero-order valence-electron chi connectivity index (χ0n) is 15.2. The van der Waals surface area contributed by atoms with Crippen molar-refractivity contribution in [3.63, 3.8) is 0 Å². The molecule has 1 amide bonds. The first-order chi connectivity index (χ1) is 11.6. The Labute approximate surface area is 146 Å². The molecule has 0 saturated carbocycles. The molecule has 0 fully saturated rings. The molecule has 1 aromatic heterocycles. The van der Waals surface area contributed by atoms with Gasteiger partial charge in [0.25, 0.3) is 0 Å². The molecule has 0 unspecified atom stereocenters. The zero-order chi connectivity index (χ0) is 18.5. The molecule has 1 aromatic carbocycles. The minimum atomic E-state index is -0.620. The Kier molecular flexibility index (Phi) is 4.07. The first-order valence-electron chi connectivity index (χ1n) is 8.39. The van der Waals surface area contributed by atoms with Crippen molar-refractivity contribution in [2.45, 2.75) is 58.7 Å². The summed E-state index contributed by atoms with van der Waals surface area (Å²) >= 11 is 0. The van der Waals surface area contributed by atoms with E-state index >= 15 is 0 Å². The first kappa shape index (κ1) is 17.4. The smallest absolute Gasteiger partial charge is 0.420 e. The summed E-state index contributed by atoms with van der Waals surface area (Å²) in [5, 5.41) is 0. The molecule has 3 rings (SSSR count). The monoisotopic (exact) mass is 344 g/mol. The Morgan fingerprint density at radius 1 is 1.32 bits per heavy atom. The predicted molar refractivity (Wildman–Crippen MR) is 95.5 cm³/mol. The van der Waals surface area contributed by atoms with Crippen LogP contribution in [0.5, 0.6) is 0 Å². The topological polar surface area (TPSA) is 90.5 Å². The van der Waals surface area contributed by atoms with Crippen molar-refractivity contribution in [1.82, 2.24) is 9.55 Å². The van der Waals surface area contributed by atoms with Crippen LogP contribution >= 0.6 is 0 Å². The largest absolute Gasteiger partial charge is 0.443 e. The van der Waals surface area contributed by atoms with Gasteiger partial charge in [-0.15, -0.1) is 0 Å². The molecule has 0 spiro atoms. The van der Waals surface area contributed by atoms with E-state index in [2.05, 4.69) is 4.98 Å². The number of anilines is 1. The summed E-state index contributed by atoms with van der Waals surface area (Å²) in [6, 6.07) is 3.36. The second kappa shape index (κ2) is 5.84. The van der Waals surface area contributed by atoms with Crippen molar-refractivity contribution in [3.05, 3.63) is 24.0 Å². The lowest BCUT2D eigenvalue weighted by molar-refractivity contribution is -0.117. The Bertz CT molecular complexity index is 850. The number of nitrogens with two attached hydrogens (primary N) is 1. The second-order valence-electron chi connectivity index (χ2n) is 7.54. The maximum atomic E-state index is 12.6. The van der Waals surface area contributed by atoms with Crippen LogP contribution in [0.2, 0.25) is 0 Å². The summed E-state index contributed by atoms with van der Waals surface area (Å²) < 4.78 is 6.86. The van der Waals surface area contributed by atoms with Gasteiger partial charge in [0, 0.05) is 24.6 Å².